The third-order valence-corrected chi connectivity index (χ3v) is 3.27. The van der Waals surface area contributed by atoms with Gasteiger partial charge in [0.2, 0.25) is 0 Å². The van der Waals surface area contributed by atoms with Gasteiger partial charge in [-0.3, -0.25) is 0 Å². The highest BCUT2D eigenvalue weighted by Gasteiger charge is 2.21. The SMILES string of the molecule is NC(c1cnsn1)c1cccc2c1OCC2. The molecule has 0 saturated heterocycles. The van der Waals surface area contributed by atoms with Crippen LogP contribution in [0.4, 0.5) is 0 Å². The van der Waals surface area contributed by atoms with Crippen LogP contribution in [-0.4, -0.2) is 15.4 Å². The Morgan fingerprint density at radius 2 is 2.38 bits per heavy atom. The normalized spacial score (nSPS) is 15.6. The van der Waals surface area contributed by atoms with Crippen LogP contribution in [-0.2, 0) is 6.42 Å². The Hall–Kier alpha value is -1.46. The molecule has 2 aromatic rings. The molecular formula is C11H11N3OS. The lowest BCUT2D eigenvalue weighted by Crippen LogP contribution is -2.13. The molecule has 1 aliphatic heterocycles. The molecule has 0 spiro atoms. The van der Waals surface area contributed by atoms with Crippen molar-refractivity contribution in [2.24, 2.45) is 5.73 Å². The maximum atomic E-state index is 6.16. The number of nitrogens with two attached hydrogens (primary N) is 1. The van der Waals surface area contributed by atoms with Crippen LogP contribution < -0.4 is 10.5 Å². The summed E-state index contributed by atoms with van der Waals surface area (Å²) in [7, 11) is 0. The molecule has 0 aliphatic carbocycles. The smallest absolute Gasteiger partial charge is 0.127 e. The summed E-state index contributed by atoms with van der Waals surface area (Å²) >= 11 is 1.18. The van der Waals surface area contributed by atoms with Gasteiger partial charge in [-0.15, -0.1) is 0 Å². The number of ether oxygens (including phenoxy) is 1. The fourth-order valence-electron chi connectivity index (χ4n) is 1.95. The van der Waals surface area contributed by atoms with Gasteiger partial charge in [-0.1, -0.05) is 18.2 Å². The third kappa shape index (κ3) is 1.48. The Labute approximate surface area is 97.4 Å². The van der Waals surface area contributed by atoms with Crippen molar-refractivity contribution in [2.75, 3.05) is 6.61 Å². The largest absolute Gasteiger partial charge is 0.493 e. The fraction of sp³-hybridized carbons (Fsp3) is 0.273. The zero-order valence-corrected chi connectivity index (χ0v) is 9.41. The van der Waals surface area contributed by atoms with E-state index in [1.807, 2.05) is 12.1 Å². The van der Waals surface area contributed by atoms with Crippen molar-refractivity contribution in [2.45, 2.75) is 12.5 Å². The van der Waals surface area contributed by atoms with Gasteiger partial charge in [-0.05, 0) is 5.56 Å². The molecule has 16 heavy (non-hydrogen) atoms. The first-order valence-corrected chi connectivity index (χ1v) is 5.87. The summed E-state index contributed by atoms with van der Waals surface area (Å²) in [5.74, 6) is 0.933. The van der Waals surface area contributed by atoms with E-state index < -0.39 is 0 Å². The third-order valence-electron chi connectivity index (χ3n) is 2.78. The van der Waals surface area contributed by atoms with Crippen molar-refractivity contribution in [3.05, 3.63) is 41.2 Å². The zero-order valence-electron chi connectivity index (χ0n) is 8.59. The minimum Gasteiger partial charge on any atom is -0.493 e. The maximum Gasteiger partial charge on any atom is 0.127 e. The average molecular weight is 233 g/mol. The lowest BCUT2D eigenvalue weighted by Gasteiger charge is -2.12. The number of benzene rings is 1. The molecule has 5 heteroatoms. The Bertz CT molecular complexity index is 498. The van der Waals surface area contributed by atoms with E-state index >= 15 is 0 Å². The van der Waals surface area contributed by atoms with Crippen molar-refractivity contribution in [3.8, 4) is 5.75 Å². The van der Waals surface area contributed by atoms with Crippen LogP contribution in [0.1, 0.15) is 22.9 Å². The van der Waals surface area contributed by atoms with Gasteiger partial charge in [0, 0.05) is 12.0 Å². The molecule has 0 radical (unpaired) electrons. The number of hydrogen-bond acceptors (Lipinski definition) is 5. The van der Waals surface area contributed by atoms with Crippen molar-refractivity contribution >= 4 is 11.7 Å². The second-order valence-electron chi connectivity index (χ2n) is 3.74. The lowest BCUT2D eigenvalue weighted by molar-refractivity contribution is 0.352. The van der Waals surface area contributed by atoms with E-state index in [1.165, 1.54) is 17.3 Å². The highest BCUT2D eigenvalue weighted by molar-refractivity contribution is 6.99. The molecule has 82 valence electrons. The molecule has 0 saturated carbocycles. The Kier molecular flexibility index (Phi) is 2.34. The molecular weight excluding hydrogens is 222 g/mol. The number of aromatic nitrogens is 2. The van der Waals surface area contributed by atoms with Gasteiger partial charge in [0.05, 0.1) is 36.3 Å². The summed E-state index contributed by atoms with van der Waals surface area (Å²) in [6.07, 6.45) is 2.68. The number of rotatable bonds is 2. The molecule has 3 rings (SSSR count). The van der Waals surface area contributed by atoms with Crippen LogP contribution in [0.3, 0.4) is 0 Å². The van der Waals surface area contributed by atoms with Crippen LogP contribution in [0, 0.1) is 0 Å². The predicted octanol–water partition coefficient (Wildman–Crippen LogP) is 1.52. The number of hydrogen-bond donors (Lipinski definition) is 1. The van der Waals surface area contributed by atoms with Gasteiger partial charge in [0.15, 0.2) is 0 Å². The van der Waals surface area contributed by atoms with Gasteiger partial charge in [0.25, 0.3) is 0 Å². The monoisotopic (exact) mass is 233 g/mol. The van der Waals surface area contributed by atoms with Gasteiger partial charge in [-0.25, -0.2) is 0 Å². The highest BCUT2D eigenvalue weighted by atomic mass is 32.1. The molecule has 2 N–H and O–H groups in total. The minimum atomic E-state index is -0.244. The summed E-state index contributed by atoms with van der Waals surface area (Å²) in [6, 6.07) is 5.85. The van der Waals surface area contributed by atoms with Crippen molar-refractivity contribution < 1.29 is 4.74 Å². The molecule has 4 nitrogen and oxygen atoms in total. The van der Waals surface area contributed by atoms with Gasteiger partial charge in [0.1, 0.15) is 5.75 Å². The second kappa shape index (κ2) is 3.84. The molecule has 0 amide bonds. The number of para-hydroxylation sites is 1. The quantitative estimate of drug-likeness (QED) is 0.854. The molecule has 1 unspecified atom stereocenters. The van der Waals surface area contributed by atoms with Crippen LogP contribution in [0.2, 0.25) is 0 Å². The molecule has 2 heterocycles. The molecule has 1 atom stereocenters. The summed E-state index contributed by atoms with van der Waals surface area (Å²) in [5.41, 5.74) is 9.19. The average Bonchev–Trinajstić information content (AvgIpc) is 2.98. The standard InChI is InChI=1S/C11H11N3OS/c12-10(9-6-13-16-14-9)8-3-1-2-7-4-5-15-11(7)8/h1-3,6,10H,4-5,12H2. The first-order valence-electron chi connectivity index (χ1n) is 5.14. The fourth-order valence-corrected chi connectivity index (χ4v) is 2.41. The predicted molar refractivity (Wildman–Crippen MR) is 61.6 cm³/mol. The van der Waals surface area contributed by atoms with Gasteiger partial charge >= 0.3 is 0 Å². The Morgan fingerprint density at radius 3 is 3.19 bits per heavy atom. The van der Waals surface area contributed by atoms with Crippen molar-refractivity contribution in [3.63, 3.8) is 0 Å². The van der Waals surface area contributed by atoms with E-state index in [-0.39, 0.29) is 6.04 Å². The van der Waals surface area contributed by atoms with Gasteiger partial charge in [-0.2, -0.15) is 8.75 Å². The van der Waals surface area contributed by atoms with E-state index in [0.29, 0.717) is 0 Å². The summed E-state index contributed by atoms with van der Waals surface area (Å²) in [4.78, 5) is 0. The lowest BCUT2D eigenvalue weighted by atomic mass is 10.0. The topological polar surface area (TPSA) is 61.0 Å². The van der Waals surface area contributed by atoms with Gasteiger partial charge < -0.3 is 10.5 Å². The molecule has 1 aromatic heterocycles. The number of fused-ring (bicyclic) bond motifs is 1. The maximum absolute atomic E-state index is 6.16. The molecule has 1 aliphatic rings. The van der Waals surface area contributed by atoms with E-state index in [1.54, 1.807) is 6.20 Å². The van der Waals surface area contributed by atoms with E-state index in [9.17, 15) is 0 Å². The molecule has 0 fully saturated rings. The summed E-state index contributed by atoms with van der Waals surface area (Å²) < 4.78 is 13.8. The first kappa shape index (κ1) is 9.74. The highest BCUT2D eigenvalue weighted by Crippen LogP contribution is 2.34. The molecule has 1 aromatic carbocycles. The molecule has 0 bridgehead atoms. The second-order valence-corrected chi connectivity index (χ2v) is 4.30. The van der Waals surface area contributed by atoms with Crippen LogP contribution >= 0.6 is 11.7 Å². The Balaban J connectivity index is 2.04. The van der Waals surface area contributed by atoms with E-state index in [2.05, 4.69) is 14.8 Å². The van der Waals surface area contributed by atoms with E-state index in [4.69, 9.17) is 10.5 Å². The number of nitrogens with zero attached hydrogens (tertiary/aromatic N) is 2. The summed E-state index contributed by atoms with van der Waals surface area (Å²) in [5, 5.41) is 0. The van der Waals surface area contributed by atoms with Crippen LogP contribution in [0.15, 0.2) is 24.4 Å². The van der Waals surface area contributed by atoms with Crippen molar-refractivity contribution in [1.82, 2.24) is 8.75 Å². The van der Waals surface area contributed by atoms with Crippen LogP contribution in [0.5, 0.6) is 5.75 Å². The summed E-state index contributed by atoms with van der Waals surface area (Å²) in [6.45, 7) is 0.744. The van der Waals surface area contributed by atoms with Crippen LogP contribution in [0.25, 0.3) is 0 Å². The minimum absolute atomic E-state index is 0.244. The Morgan fingerprint density at radius 1 is 1.44 bits per heavy atom. The first-order chi connectivity index (χ1) is 7.86. The zero-order chi connectivity index (χ0) is 11.0. The van der Waals surface area contributed by atoms with E-state index in [0.717, 1.165) is 30.0 Å². The van der Waals surface area contributed by atoms with Crippen molar-refractivity contribution in [1.29, 1.82) is 0 Å².